The number of rotatable bonds is 8. The molecule has 2 aromatic rings. The number of benzene rings is 2. The van der Waals surface area contributed by atoms with E-state index in [0.29, 0.717) is 18.0 Å². The fourth-order valence-electron chi connectivity index (χ4n) is 3.16. The van der Waals surface area contributed by atoms with Crippen molar-refractivity contribution in [2.24, 2.45) is 0 Å². The first-order chi connectivity index (χ1) is 14.7. The molecule has 168 valence electrons. The van der Waals surface area contributed by atoms with Crippen LogP contribution in [0, 0.1) is 0 Å². The molecule has 1 N–H and O–H groups in total. The van der Waals surface area contributed by atoms with Crippen LogP contribution in [0.15, 0.2) is 48.5 Å². The Bertz CT molecular complexity index is 971. The molecule has 1 aliphatic heterocycles. The highest BCUT2D eigenvalue weighted by Gasteiger charge is 2.16. The predicted molar refractivity (Wildman–Crippen MR) is 121 cm³/mol. The number of hydrogen-bond donors (Lipinski definition) is 1. The van der Waals surface area contributed by atoms with Crippen LogP contribution in [0.1, 0.15) is 12.5 Å². The second-order valence-electron chi connectivity index (χ2n) is 7.47. The smallest absolute Gasteiger partial charge is 0.261 e. The standard InChI is InChI=1S/C22H29N3O5S/c1-17(30-21-10-8-19(9-11-21)24(2)31(3,27)28)22(26)23-16-18-4-6-20(7-5-18)25-12-14-29-15-13-25/h4-11,17H,12-16H2,1-3H3,(H,23,26)/t17-/m1/s1. The van der Waals surface area contributed by atoms with Crippen LogP contribution in [-0.2, 0) is 26.1 Å². The average molecular weight is 448 g/mol. The molecule has 0 spiro atoms. The molecule has 8 nitrogen and oxygen atoms in total. The van der Waals surface area contributed by atoms with E-state index in [-0.39, 0.29) is 5.91 Å². The summed E-state index contributed by atoms with van der Waals surface area (Å²) in [4.78, 5) is 14.7. The maximum absolute atomic E-state index is 12.4. The minimum Gasteiger partial charge on any atom is -0.481 e. The molecule has 1 aliphatic rings. The van der Waals surface area contributed by atoms with Gasteiger partial charge >= 0.3 is 0 Å². The Kier molecular flexibility index (Phi) is 7.40. The van der Waals surface area contributed by atoms with E-state index in [1.807, 2.05) is 12.1 Å². The van der Waals surface area contributed by atoms with Gasteiger partial charge in [0, 0.05) is 32.4 Å². The molecule has 9 heteroatoms. The van der Waals surface area contributed by atoms with Crippen LogP contribution in [0.5, 0.6) is 5.75 Å². The number of carbonyl (C=O) groups is 1. The first-order valence-electron chi connectivity index (χ1n) is 10.1. The Morgan fingerprint density at radius 1 is 1.13 bits per heavy atom. The zero-order valence-corrected chi connectivity index (χ0v) is 18.9. The molecule has 0 saturated carbocycles. The van der Waals surface area contributed by atoms with E-state index >= 15 is 0 Å². The number of ether oxygens (including phenoxy) is 2. The van der Waals surface area contributed by atoms with Crippen LogP contribution in [0.25, 0.3) is 0 Å². The van der Waals surface area contributed by atoms with Crippen molar-refractivity contribution >= 4 is 27.3 Å². The summed E-state index contributed by atoms with van der Waals surface area (Å²) >= 11 is 0. The molecule has 2 aromatic carbocycles. The maximum atomic E-state index is 12.4. The molecule has 3 rings (SSSR count). The van der Waals surface area contributed by atoms with Crippen LogP contribution in [0.3, 0.4) is 0 Å². The van der Waals surface area contributed by atoms with E-state index in [2.05, 4.69) is 22.3 Å². The molecule has 31 heavy (non-hydrogen) atoms. The third-order valence-electron chi connectivity index (χ3n) is 5.16. The summed E-state index contributed by atoms with van der Waals surface area (Å²) in [5.41, 5.74) is 2.68. The topological polar surface area (TPSA) is 88.2 Å². The van der Waals surface area contributed by atoms with Gasteiger partial charge in [-0.15, -0.1) is 0 Å². The zero-order chi connectivity index (χ0) is 22.4. The highest BCUT2D eigenvalue weighted by atomic mass is 32.2. The Balaban J connectivity index is 1.49. The lowest BCUT2D eigenvalue weighted by molar-refractivity contribution is -0.127. The van der Waals surface area contributed by atoms with E-state index in [4.69, 9.17) is 9.47 Å². The number of carbonyl (C=O) groups excluding carboxylic acids is 1. The lowest BCUT2D eigenvalue weighted by Crippen LogP contribution is -2.36. The molecule has 0 aliphatic carbocycles. The fraction of sp³-hybridized carbons (Fsp3) is 0.409. The Labute approximate surface area is 183 Å². The minimum atomic E-state index is -3.33. The quantitative estimate of drug-likeness (QED) is 0.666. The number of nitrogens with zero attached hydrogens (tertiary/aromatic N) is 2. The van der Waals surface area contributed by atoms with Gasteiger partial charge in [0.25, 0.3) is 5.91 Å². The monoisotopic (exact) mass is 447 g/mol. The van der Waals surface area contributed by atoms with E-state index in [9.17, 15) is 13.2 Å². The molecule has 0 aromatic heterocycles. The van der Waals surface area contributed by atoms with Crippen molar-refractivity contribution in [3.63, 3.8) is 0 Å². The second-order valence-corrected chi connectivity index (χ2v) is 9.48. The van der Waals surface area contributed by atoms with E-state index in [1.165, 1.54) is 11.4 Å². The number of morpholine rings is 1. The molecule has 1 heterocycles. The zero-order valence-electron chi connectivity index (χ0n) is 18.1. The van der Waals surface area contributed by atoms with Gasteiger partial charge in [0.1, 0.15) is 5.75 Å². The Morgan fingerprint density at radius 3 is 2.32 bits per heavy atom. The molecule has 1 amide bonds. The first kappa shape index (κ1) is 22.9. The maximum Gasteiger partial charge on any atom is 0.261 e. The molecule has 1 atom stereocenters. The van der Waals surface area contributed by atoms with Gasteiger partial charge in [-0.25, -0.2) is 8.42 Å². The van der Waals surface area contributed by atoms with Gasteiger partial charge in [-0.2, -0.15) is 0 Å². The molecule has 1 saturated heterocycles. The van der Waals surface area contributed by atoms with Crippen LogP contribution >= 0.6 is 0 Å². The van der Waals surface area contributed by atoms with Crippen LogP contribution in [0.4, 0.5) is 11.4 Å². The summed E-state index contributed by atoms with van der Waals surface area (Å²) in [6, 6.07) is 14.7. The summed E-state index contributed by atoms with van der Waals surface area (Å²) in [6.07, 6.45) is 0.450. The molecule has 0 unspecified atom stereocenters. The van der Waals surface area contributed by atoms with Crippen LogP contribution in [-0.4, -0.2) is 60.0 Å². The van der Waals surface area contributed by atoms with Crippen molar-refractivity contribution < 1.29 is 22.7 Å². The normalized spacial score (nSPS) is 15.3. The van der Waals surface area contributed by atoms with Gasteiger partial charge < -0.3 is 19.7 Å². The van der Waals surface area contributed by atoms with E-state index < -0.39 is 16.1 Å². The summed E-state index contributed by atoms with van der Waals surface area (Å²) in [6.45, 7) is 5.34. The van der Waals surface area contributed by atoms with Crippen molar-refractivity contribution in [2.75, 3.05) is 48.8 Å². The van der Waals surface area contributed by atoms with Crippen molar-refractivity contribution in [3.8, 4) is 5.75 Å². The van der Waals surface area contributed by atoms with Gasteiger partial charge in [0.2, 0.25) is 10.0 Å². The Hall–Kier alpha value is -2.78. The summed E-state index contributed by atoms with van der Waals surface area (Å²) < 4.78 is 35.5. The van der Waals surface area contributed by atoms with Crippen LogP contribution < -0.4 is 19.3 Å². The largest absolute Gasteiger partial charge is 0.481 e. The molecular formula is C22H29N3O5S. The number of hydrogen-bond acceptors (Lipinski definition) is 6. The van der Waals surface area contributed by atoms with E-state index in [0.717, 1.165) is 43.8 Å². The van der Waals surface area contributed by atoms with Crippen LogP contribution in [0.2, 0.25) is 0 Å². The third kappa shape index (κ3) is 6.35. The summed E-state index contributed by atoms with van der Waals surface area (Å²) in [5, 5.41) is 2.88. The number of sulfonamides is 1. The van der Waals surface area contributed by atoms with E-state index in [1.54, 1.807) is 31.2 Å². The van der Waals surface area contributed by atoms with Gasteiger partial charge in [-0.05, 0) is 48.9 Å². The molecular weight excluding hydrogens is 418 g/mol. The first-order valence-corrected chi connectivity index (χ1v) is 12.0. The fourth-order valence-corrected chi connectivity index (χ4v) is 3.67. The van der Waals surface area contributed by atoms with Crippen molar-refractivity contribution in [1.29, 1.82) is 0 Å². The van der Waals surface area contributed by atoms with Crippen molar-refractivity contribution in [1.82, 2.24) is 5.32 Å². The van der Waals surface area contributed by atoms with Gasteiger partial charge in [0.05, 0.1) is 25.2 Å². The summed E-state index contributed by atoms with van der Waals surface area (Å²) in [7, 11) is -1.85. The lowest BCUT2D eigenvalue weighted by atomic mass is 10.2. The predicted octanol–water partition coefficient (Wildman–Crippen LogP) is 2.00. The van der Waals surface area contributed by atoms with Crippen molar-refractivity contribution in [3.05, 3.63) is 54.1 Å². The minimum absolute atomic E-state index is 0.227. The highest BCUT2D eigenvalue weighted by molar-refractivity contribution is 7.92. The number of anilines is 2. The van der Waals surface area contributed by atoms with Crippen molar-refractivity contribution in [2.45, 2.75) is 19.6 Å². The van der Waals surface area contributed by atoms with Gasteiger partial charge in [0.15, 0.2) is 6.10 Å². The lowest BCUT2D eigenvalue weighted by Gasteiger charge is -2.28. The second kappa shape index (κ2) is 10.0. The number of nitrogens with one attached hydrogen (secondary N) is 1. The molecule has 0 radical (unpaired) electrons. The molecule has 0 bridgehead atoms. The van der Waals surface area contributed by atoms with Gasteiger partial charge in [-0.3, -0.25) is 9.10 Å². The third-order valence-corrected chi connectivity index (χ3v) is 6.36. The van der Waals surface area contributed by atoms with Gasteiger partial charge in [-0.1, -0.05) is 12.1 Å². The number of amides is 1. The molecule has 1 fully saturated rings. The average Bonchev–Trinajstić information content (AvgIpc) is 2.77. The Morgan fingerprint density at radius 2 is 1.74 bits per heavy atom. The summed E-state index contributed by atoms with van der Waals surface area (Å²) in [5.74, 6) is 0.262. The SMILES string of the molecule is C[C@@H](Oc1ccc(N(C)S(C)(=O)=O)cc1)C(=O)NCc1ccc(N2CCOCC2)cc1. The highest BCUT2D eigenvalue weighted by Crippen LogP contribution is 2.21.